The van der Waals surface area contributed by atoms with Crippen molar-refractivity contribution < 1.29 is 9.18 Å². The van der Waals surface area contributed by atoms with E-state index in [1.807, 2.05) is 48.2 Å². The van der Waals surface area contributed by atoms with Gasteiger partial charge in [0.25, 0.3) is 5.91 Å². The van der Waals surface area contributed by atoms with E-state index in [0.717, 1.165) is 10.7 Å². The first-order chi connectivity index (χ1) is 13.1. The number of carbonyl (C=O) groups is 1. The first-order valence-corrected chi connectivity index (χ1v) is 9.75. The molecule has 2 aromatic rings. The molecule has 0 unspecified atom stereocenters. The number of benzene rings is 2. The number of piperazine rings is 1. The molecule has 0 atom stereocenters. The summed E-state index contributed by atoms with van der Waals surface area (Å²) >= 11 is 1.42. The second kappa shape index (κ2) is 7.56. The highest BCUT2D eigenvalue weighted by Crippen LogP contribution is 2.31. The van der Waals surface area contributed by atoms with Gasteiger partial charge < -0.3 is 9.80 Å². The normalized spacial score (nSPS) is 19.0. The number of aliphatic imine (C=N–C) groups is 1. The minimum absolute atomic E-state index is 0.188. The molecule has 2 heterocycles. The molecular formula is C21H20FN3OS. The number of carbonyl (C=O) groups excluding carboxylic acids is 1. The average molecular weight is 381 g/mol. The molecule has 1 saturated heterocycles. The summed E-state index contributed by atoms with van der Waals surface area (Å²) in [6, 6.07) is 14.9. The number of amidine groups is 1. The van der Waals surface area contributed by atoms with Crippen molar-refractivity contribution in [3.05, 3.63) is 70.4 Å². The van der Waals surface area contributed by atoms with Gasteiger partial charge in [0.1, 0.15) is 5.82 Å². The van der Waals surface area contributed by atoms with Gasteiger partial charge in [-0.1, -0.05) is 42.0 Å². The highest BCUT2D eigenvalue weighted by molar-refractivity contribution is 8.18. The predicted molar refractivity (Wildman–Crippen MR) is 109 cm³/mol. The van der Waals surface area contributed by atoms with E-state index in [2.05, 4.69) is 9.89 Å². The lowest BCUT2D eigenvalue weighted by atomic mass is 10.1. The zero-order valence-electron chi connectivity index (χ0n) is 15.1. The number of anilines is 1. The maximum atomic E-state index is 14.0. The molecule has 0 bridgehead atoms. The van der Waals surface area contributed by atoms with Gasteiger partial charge in [-0.3, -0.25) is 4.79 Å². The molecule has 0 N–H and O–H groups in total. The van der Waals surface area contributed by atoms with E-state index in [-0.39, 0.29) is 11.7 Å². The topological polar surface area (TPSA) is 35.9 Å². The highest BCUT2D eigenvalue weighted by Gasteiger charge is 2.28. The third kappa shape index (κ3) is 3.90. The van der Waals surface area contributed by atoms with E-state index in [1.165, 1.54) is 23.4 Å². The molecule has 138 valence electrons. The highest BCUT2D eigenvalue weighted by atomic mass is 32.2. The van der Waals surface area contributed by atoms with Crippen LogP contribution >= 0.6 is 11.8 Å². The first kappa shape index (κ1) is 17.8. The lowest BCUT2D eigenvalue weighted by Crippen LogP contribution is -2.48. The number of hydrogen-bond acceptors (Lipinski definition) is 4. The van der Waals surface area contributed by atoms with E-state index >= 15 is 0 Å². The Hall–Kier alpha value is -2.60. The Labute approximate surface area is 162 Å². The molecule has 0 aromatic heterocycles. The zero-order chi connectivity index (χ0) is 18.8. The maximum Gasteiger partial charge on any atom is 0.286 e. The molecule has 4 nitrogen and oxygen atoms in total. The molecule has 2 aliphatic rings. The number of hydrogen-bond donors (Lipinski definition) is 0. The fourth-order valence-corrected chi connectivity index (χ4v) is 4.16. The minimum Gasteiger partial charge on any atom is -0.366 e. The lowest BCUT2D eigenvalue weighted by molar-refractivity contribution is -0.113. The van der Waals surface area contributed by atoms with Crippen LogP contribution in [0.4, 0.5) is 10.1 Å². The summed E-state index contributed by atoms with van der Waals surface area (Å²) in [7, 11) is 0. The third-order valence-electron chi connectivity index (χ3n) is 4.73. The molecular weight excluding hydrogens is 361 g/mol. The van der Waals surface area contributed by atoms with Crippen LogP contribution in [0.3, 0.4) is 0 Å². The van der Waals surface area contributed by atoms with E-state index < -0.39 is 0 Å². The summed E-state index contributed by atoms with van der Waals surface area (Å²) < 4.78 is 14.0. The molecule has 4 rings (SSSR count). The van der Waals surface area contributed by atoms with Crippen LogP contribution in [0.5, 0.6) is 0 Å². The molecule has 2 aliphatic heterocycles. The van der Waals surface area contributed by atoms with Crippen LogP contribution in [0.2, 0.25) is 0 Å². The summed E-state index contributed by atoms with van der Waals surface area (Å²) in [4.78, 5) is 21.3. The number of para-hydroxylation sites is 1. The average Bonchev–Trinajstić information content (AvgIpc) is 3.05. The molecule has 0 spiro atoms. The summed E-state index contributed by atoms with van der Waals surface area (Å²) in [6.45, 7) is 4.86. The monoisotopic (exact) mass is 381 g/mol. The zero-order valence-corrected chi connectivity index (χ0v) is 15.9. The van der Waals surface area contributed by atoms with Crippen molar-refractivity contribution in [2.24, 2.45) is 4.99 Å². The van der Waals surface area contributed by atoms with Crippen LogP contribution in [0.25, 0.3) is 6.08 Å². The van der Waals surface area contributed by atoms with E-state index in [0.29, 0.717) is 36.8 Å². The Morgan fingerprint density at radius 2 is 1.67 bits per heavy atom. The summed E-state index contributed by atoms with van der Waals surface area (Å²) in [5.74, 6) is -0.385. The van der Waals surface area contributed by atoms with Crippen molar-refractivity contribution in [1.29, 1.82) is 0 Å². The summed E-state index contributed by atoms with van der Waals surface area (Å²) in [5, 5.41) is 0.742. The number of nitrogens with zero attached hydrogens (tertiary/aromatic N) is 3. The Morgan fingerprint density at radius 1 is 1.00 bits per heavy atom. The van der Waals surface area contributed by atoms with Crippen molar-refractivity contribution in [3.63, 3.8) is 0 Å². The Morgan fingerprint density at radius 3 is 2.37 bits per heavy atom. The second-order valence-corrected chi connectivity index (χ2v) is 7.66. The Balaban J connectivity index is 1.41. The lowest BCUT2D eigenvalue weighted by Gasteiger charge is -2.36. The third-order valence-corrected chi connectivity index (χ3v) is 5.77. The molecule has 27 heavy (non-hydrogen) atoms. The molecule has 1 amide bonds. The number of rotatable bonds is 2. The number of amides is 1. The quantitative estimate of drug-likeness (QED) is 0.739. The minimum atomic E-state index is -0.197. The van der Waals surface area contributed by atoms with Crippen LogP contribution in [-0.4, -0.2) is 42.2 Å². The number of halogens is 1. The summed E-state index contributed by atoms with van der Waals surface area (Å²) in [5.41, 5.74) is 2.82. The van der Waals surface area contributed by atoms with Gasteiger partial charge in [-0.05, 0) is 42.5 Å². The Kier molecular flexibility index (Phi) is 4.99. The summed E-state index contributed by atoms with van der Waals surface area (Å²) in [6.07, 6.45) is 1.89. The molecule has 1 fully saturated rings. The van der Waals surface area contributed by atoms with Crippen molar-refractivity contribution in [2.45, 2.75) is 6.92 Å². The van der Waals surface area contributed by atoms with E-state index in [4.69, 9.17) is 0 Å². The van der Waals surface area contributed by atoms with Crippen LogP contribution in [0, 0.1) is 12.7 Å². The van der Waals surface area contributed by atoms with E-state index in [9.17, 15) is 9.18 Å². The SMILES string of the molecule is Cc1ccc(/C=C2\SC(N3CCN(c4ccccc4F)CC3)=NC2=O)cc1. The van der Waals surface area contributed by atoms with Crippen LogP contribution in [-0.2, 0) is 4.79 Å². The van der Waals surface area contributed by atoms with Gasteiger partial charge in [-0.25, -0.2) is 4.39 Å². The standard InChI is InChI=1S/C21H20FN3OS/c1-15-6-8-16(9-7-15)14-19-20(26)23-21(27-19)25-12-10-24(11-13-25)18-5-3-2-4-17(18)22/h2-9,14H,10-13H2,1H3/b19-14-. The van der Waals surface area contributed by atoms with Gasteiger partial charge in [0, 0.05) is 26.2 Å². The number of thioether (sulfide) groups is 1. The predicted octanol–water partition coefficient (Wildman–Crippen LogP) is 3.93. The maximum absolute atomic E-state index is 14.0. The molecule has 0 aliphatic carbocycles. The van der Waals surface area contributed by atoms with Crippen LogP contribution < -0.4 is 4.90 Å². The van der Waals surface area contributed by atoms with Crippen molar-refractivity contribution >= 4 is 34.6 Å². The molecule has 6 heteroatoms. The van der Waals surface area contributed by atoms with Gasteiger partial charge >= 0.3 is 0 Å². The first-order valence-electron chi connectivity index (χ1n) is 8.94. The molecule has 2 aromatic carbocycles. The van der Waals surface area contributed by atoms with Crippen molar-refractivity contribution in [1.82, 2.24) is 4.90 Å². The fourth-order valence-electron chi connectivity index (χ4n) is 3.19. The van der Waals surface area contributed by atoms with Crippen molar-refractivity contribution in [2.75, 3.05) is 31.1 Å². The van der Waals surface area contributed by atoms with E-state index in [1.54, 1.807) is 12.1 Å². The van der Waals surface area contributed by atoms with Gasteiger partial charge in [0.15, 0.2) is 5.17 Å². The number of aryl methyl sites for hydroxylation is 1. The van der Waals surface area contributed by atoms with Crippen LogP contribution in [0.1, 0.15) is 11.1 Å². The molecule has 0 radical (unpaired) electrons. The van der Waals surface area contributed by atoms with Crippen LogP contribution in [0.15, 0.2) is 58.4 Å². The Bertz CT molecular complexity index is 915. The van der Waals surface area contributed by atoms with Gasteiger partial charge in [-0.2, -0.15) is 4.99 Å². The largest absolute Gasteiger partial charge is 0.366 e. The van der Waals surface area contributed by atoms with Gasteiger partial charge in [-0.15, -0.1) is 0 Å². The van der Waals surface area contributed by atoms with Gasteiger partial charge in [0.05, 0.1) is 10.6 Å². The second-order valence-electron chi connectivity index (χ2n) is 6.65. The van der Waals surface area contributed by atoms with Gasteiger partial charge in [0.2, 0.25) is 0 Å². The smallest absolute Gasteiger partial charge is 0.286 e. The van der Waals surface area contributed by atoms with Crippen molar-refractivity contribution in [3.8, 4) is 0 Å². The fraction of sp³-hybridized carbons (Fsp3) is 0.238. The molecule has 0 saturated carbocycles.